The van der Waals surface area contributed by atoms with Gasteiger partial charge in [0.05, 0.1) is 16.2 Å². The highest BCUT2D eigenvalue weighted by atomic mass is 79.9. The highest BCUT2D eigenvalue weighted by Gasteiger charge is 2.49. The zero-order chi connectivity index (χ0) is 15.1. The minimum absolute atomic E-state index is 0.0809. The van der Waals surface area contributed by atoms with Gasteiger partial charge in [-0.05, 0) is 74.8 Å². The molecule has 1 N–H and O–H groups in total. The summed E-state index contributed by atoms with van der Waals surface area (Å²) in [6, 6.07) is 6.40. The maximum Gasteiger partial charge on any atom is 0.0681 e. The summed E-state index contributed by atoms with van der Waals surface area (Å²) in [6.45, 7) is 8.68. The van der Waals surface area contributed by atoms with Crippen molar-refractivity contribution in [2.75, 3.05) is 7.05 Å². The Balaban J connectivity index is 2.35. The molecular weight excluding hydrogens is 338 g/mol. The zero-order valence-corrected chi connectivity index (χ0v) is 15.1. The smallest absolute Gasteiger partial charge is 0.0681 e. The molecule has 4 heteroatoms. The molecule has 0 bridgehead atoms. The molecule has 0 saturated carbocycles. The van der Waals surface area contributed by atoms with Gasteiger partial charge in [0.15, 0.2) is 0 Å². The fraction of sp³-hybridized carbons (Fsp3) is 0.625. The number of hydrogen-bond donors (Lipinski definition) is 1. The molecule has 1 aromatic carbocycles. The van der Waals surface area contributed by atoms with E-state index < -0.39 is 0 Å². The molecule has 0 radical (unpaired) electrons. The Morgan fingerprint density at radius 3 is 2.45 bits per heavy atom. The van der Waals surface area contributed by atoms with Crippen LogP contribution in [0.2, 0.25) is 5.02 Å². The molecule has 1 heterocycles. The van der Waals surface area contributed by atoms with Crippen molar-refractivity contribution >= 4 is 27.5 Å². The summed E-state index contributed by atoms with van der Waals surface area (Å²) in [4.78, 5) is 0. The van der Waals surface area contributed by atoms with E-state index in [1.165, 1.54) is 5.56 Å². The summed E-state index contributed by atoms with van der Waals surface area (Å²) in [5.41, 5.74) is 0.971. The van der Waals surface area contributed by atoms with Crippen LogP contribution in [0.25, 0.3) is 0 Å². The van der Waals surface area contributed by atoms with Gasteiger partial charge in [-0.15, -0.1) is 0 Å². The molecule has 2 unspecified atom stereocenters. The number of benzene rings is 1. The van der Waals surface area contributed by atoms with Crippen LogP contribution in [0.4, 0.5) is 0 Å². The third kappa shape index (κ3) is 3.22. The summed E-state index contributed by atoms with van der Waals surface area (Å²) in [5, 5.41) is 4.20. The lowest BCUT2D eigenvalue weighted by molar-refractivity contribution is -0.0776. The predicted octanol–water partition coefficient (Wildman–Crippen LogP) is 4.96. The second-order valence-electron chi connectivity index (χ2n) is 6.72. The van der Waals surface area contributed by atoms with Crippen LogP contribution >= 0.6 is 27.5 Å². The lowest BCUT2D eigenvalue weighted by Gasteiger charge is -2.33. The lowest BCUT2D eigenvalue weighted by atomic mass is 9.79. The van der Waals surface area contributed by atoms with E-state index in [0.29, 0.717) is 5.92 Å². The van der Waals surface area contributed by atoms with Gasteiger partial charge in [0.25, 0.3) is 0 Å². The third-order valence-electron chi connectivity index (χ3n) is 4.16. The van der Waals surface area contributed by atoms with Crippen LogP contribution in [0.3, 0.4) is 0 Å². The van der Waals surface area contributed by atoms with Gasteiger partial charge in [0, 0.05) is 16.4 Å². The molecule has 2 rings (SSSR count). The van der Waals surface area contributed by atoms with Crippen LogP contribution < -0.4 is 5.32 Å². The Bertz CT molecular complexity index is 501. The van der Waals surface area contributed by atoms with Gasteiger partial charge in [0.1, 0.15) is 0 Å². The van der Waals surface area contributed by atoms with Crippen molar-refractivity contribution < 1.29 is 4.74 Å². The quantitative estimate of drug-likeness (QED) is 0.823. The van der Waals surface area contributed by atoms with Gasteiger partial charge in [-0.1, -0.05) is 17.7 Å². The largest absolute Gasteiger partial charge is 0.369 e. The van der Waals surface area contributed by atoms with Crippen molar-refractivity contribution in [3.8, 4) is 0 Å². The molecule has 112 valence electrons. The average Bonchev–Trinajstić information content (AvgIpc) is 2.53. The molecule has 2 atom stereocenters. The van der Waals surface area contributed by atoms with Gasteiger partial charge in [-0.3, -0.25) is 0 Å². The van der Waals surface area contributed by atoms with E-state index in [0.717, 1.165) is 15.9 Å². The topological polar surface area (TPSA) is 21.3 Å². The zero-order valence-electron chi connectivity index (χ0n) is 12.8. The highest BCUT2D eigenvalue weighted by molar-refractivity contribution is 9.10. The first kappa shape index (κ1) is 16.3. The van der Waals surface area contributed by atoms with Crippen LogP contribution in [0.1, 0.15) is 45.7 Å². The van der Waals surface area contributed by atoms with E-state index in [2.05, 4.69) is 55.0 Å². The standard InChI is InChI=1S/C16H23BrClNO/c1-15(2)9-11(16(3,4)20-15)14(19-5)10-6-7-12(17)13(18)8-10/h6-8,11,14,19H,9H2,1-5H3. The minimum atomic E-state index is -0.156. The first-order valence-corrected chi connectivity index (χ1v) is 8.16. The van der Waals surface area contributed by atoms with Crippen LogP contribution in [0.15, 0.2) is 22.7 Å². The first-order chi connectivity index (χ1) is 9.16. The Morgan fingerprint density at radius 2 is 2.00 bits per heavy atom. The maximum absolute atomic E-state index is 6.24. The molecule has 0 aromatic heterocycles. The molecule has 1 saturated heterocycles. The maximum atomic E-state index is 6.24. The molecule has 1 aromatic rings. The van der Waals surface area contributed by atoms with Crippen molar-refractivity contribution in [3.63, 3.8) is 0 Å². The predicted molar refractivity (Wildman–Crippen MR) is 88.3 cm³/mol. The number of rotatable bonds is 3. The number of nitrogens with one attached hydrogen (secondary N) is 1. The van der Waals surface area contributed by atoms with Crippen molar-refractivity contribution in [1.82, 2.24) is 5.32 Å². The second-order valence-corrected chi connectivity index (χ2v) is 7.98. The van der Waals surface area contributed by atoms with Gasteiger partial charge in [-0.2, -0.15) is 0 Å². The summed E-state index contributed by atoms with van der Waals surface area (Å²) in [6.07, 6.45) is 1.03. The lowest BCUT2D eigenvalue weighted by Crippen LogP contribution is -2.37. The fourth-order valence-electron chi connectivity index (χ4n) is 3.43. The summed E-state index contributed by atoms with van der Waals surface area (Å²) < 4.78 is 7.16. The van der Waals surface area contributed by atoms with Crippen molar-refractivity contribution in [2.45, 2.75) is 51.4 Å². The van der Waals surface area contributed by atoms with Crippen LogP contribution in [0.5, 0.6) is 0 Å². The average molecular weight is 361 g/mol. The van der Waals surface area contributed by atoms with Gasteiger partial charge in [0.2, 0.25) is 0 Å². The summed E-state index contributed by atoms with van der Waals surface area (Å²) in [7, 11) is 2.00. The molecule has 1 fully saturated rings. The van der Waals surface area contributed by atoms with E-state index >= 15 is 0 Å². The highest BCUT2D eigenvalue weighted by Crippen LogP contribution is 2.47. The Hall–Kier alpha value is -0.0900. The van der Waals surface area contributed by atoms with Crippen molar-refractivity contribution in [2.24, 2.45) is 5.92 Å². The summed E-state index contributed by atoms with van der Waals surface area (Å²) in [5.74, 6) is 0.403. The fourth-order valence-corrected chi connectivity index (χ4v) is 3.87. The van der Waals surface area contributed by atoms with E-state index in [1.54, 1.807) is 0 Å². The Kier molecular flexibility index (Phi) is 4.56. The molecule has 1 aliphatic rings. The molecule has 2 nitrogen and oxygen atoms in total. The molecule has 0 aliphatic carbocycles. The van der Waals surface area contributed by atoms with Gasteiger partial charge < -0.3 is 10.1 Å². The SMILES string of the molecule is CNC(c1ccc(Br)c(Cl)c1)C1CC(C)(C)OC1(C)C. The number of halogens is 2. The number of ether oxygens (including phenoxy) is 1. The summed E-state index contributed by atoms with van der Waals surface area (Å²) >= 11 is 9.69. The number of hydrogen-bond acceptors (Lipinski definition) is 2. The Morgan fingerprint density at radius 1 is 1.35 bits per heavy atom. The van der Waals surface area contributed by atoms with Crippen molar-refractivity contribution in [1.29, 1.82) is 0 Å². The van der Waals surface area contributed by atoms with Gasteiger partial charge in [-0.25, -0.2) is 0 Å². The van der Waals surface area contributed by atoms with Crippen LogP contribution in [0, 0.1) is 5.92 Å². The molecule has 1 aliphatic heterocycles. The Labute approximate surface area is 135 Å². The normalized spacial score (nSPS) is 25.6. The molecule has 0 amide bonds. The molecular formula is C16H23BrClNO. The third-order valence-corrected chi connectivity index (χ3v) is 5.39. The van der Waals surface area contributed by atoms with Crippen LogP contribution in [-0.2, 0) is 4.74 Å². The monoisotopic (exact) mass is 359 g/mol. The van der Waals surface area contributed by atoms with E-state index in [-0.39, 0.29) is 17.2 Å². The first-order valence-electron chi connectivity index (χ1n) is 6.99. The van der Waals surface area contributed by atoms with Gasteiger partial charge >= 0.3 is 0 Å². The van der Waals surface area contributed by atoms with Crippen molar-refractivity contribution in [3.05, 3.63) is 33.3 Å². The van der Waals surface area contributed by atoms with E-state index in [1.807, 2.05) is 19.2 Å². The van der Waals surface area contributed by atoms with Crippen LogP contribution in [-0.4, -0.2) is 18.2 Å². The molecule has 20 heavy (non-hydrogen) atoms. The second kappa shape index (κ2) is 5.60. The minimum Gasteiger partial charge on any atom is -0.369 e. The molecule has 0 spiro atoms. The van der Waals surface area contributed by atoms with E-state index in [4.69, 9.17) is 16.3 Å². The van der Waals surface area contributed by atoms with E-state index in [9.17, 15) is 0 Å².